The molecule has 176 valence electrons. The van der Waals surface area contributed by atoms with E-state index >= 15 is 0 Å². The van der Waals surface area contributed by atoms with Gasteiger partial charge in [0.1, 0.15) is 11.4 Å². The molecule has 7 heteroatoms. The van der Waals surface area contributed by atoms with Crippen molar-refractivity contribution in [3.8, 4) is 0 Å². The molecular weight excluding hydrogens is 448 g/mol. The monoisotopic (exact) mass is 476 g/mol. The molecule has 1 fully saturated rings. The Morgan fingerprint density at radius 2 is 1.88 bits per heavy atom. The summed E-state index contributed by atoms with van der Waals surface area (Å²) in [5, 5.41) is 3.00. The third-order valence-electron chi connectivity index (χ3n) is 6.45. The average Bonchev–Trinajstić information content (AvgIpc) is 3.33. The highest BCUT2D eigenvalue weighted by atomic mass is 32.2. The number of likely N-dealkylation sites (tertiary alicyclic amines) is 1. The Morgan fingerprint density at radius 3 is 2.65 bits per heavy atom. The van der Waals surface area contributed by atoms with E-state index < -0.39 is 5.60 Å². The van der Waals surface area contributed by atoms with Crippen molar-refractivity contribution < 1.29 is 19.1 Å². The maximum atomic E-state index is 13.0. The summed E-state index contributed by atoms with van der Waals surface area (Å²) in [6.07, 6.45) is 5.67. The van der Waals surface area contributed by atoms with Gasteiger partial charge in [-0.05, 0) is 57.4 Å². The number of benzene rings is 2. The lowest BCUT2D eigenvalue weighted by molar-refractivity contribution is -0.111. The van der Waals surface area contributed by atoms with Gasteiger partial charge >= 0.3 is 5.97 Å². The van der Waals surface area contributed by atoms with E-state index in [9.17, 15) is 9.59 Å². The number of carbonyl (C=O) groups is 2. The minimum absolute atomic E-state index is 0.158. The van der Waals surface area contributed by atoms with Gasteiger partial charge in [-0.3, -0.25) is 4.79 Å². The Kier molecular flexibility index (Phi) is 5.90. The number of carbonyl (C=O) groups excluding carboxylic acids is 2. The molecule has 0 unspecified atom stereocenters. The highest BCUT2D eigenvalue weighted by Gasteiger charge is 2.40. The van der Waals surface area contributed by atoms with E-state index in [1.165, 1.54) is 38.1 Å². The molecule has 0 spiro atoms. The Hall–Kier alpha value is -3.19. The molecule has 6 nitrogen and oxygen atoms in total. The third-order valence-corrected chi connectivity index (χ3v) is 7.51. The number of anilines is 1. The number of nitrogens with one attached hydrogen (secondary N) is 1. The van der Waals surface area contributed by atoms with Gasteiger partial charge in [-0.2, -0.15) is 0 Å². The zero-order chi connectivity index (χ0) is 23.9. The Bertz CT molecular complexity index is 1220. The summed E-state index contributed by atoms with van der Waals surface area (Å²) in [5.41, 5.74) is 3.33. The van der Waals surface area contributed by atoms with Gasteiger partial charge in [-0.15, -0.1) is 0 Å². The van der Waals surface area contributed by atoms with Crippen LogP contribution in [0.15, 0.2) is 69.8 Å². The largest absolute Gasteiger partial charge is 0.481 e. The molecule has 3 heterocycles. The standard InChI is InChI=1S/C27H28N2O4S/c1-27(2)23(29-13-7-4-8-14-29)16-21(33-27)24-18-12-11-17(15-20(18)28-25(24)30)34-22-10-6-5-9-19(22)26(31)32-3/h5-6,9-12,15-16H,4,7-8,13-14H2,1-3H3,(H,28,30)/b24-21+. The summed E-state index contributed by atoms with van der Waals surface area (Å²) in [4.78, 5) is 29.2. The number of fused-ring (bicyclic) bond motifs is 1. The molecular formula is C27H28N2O4S. The van der Waals surface area contributed by atoms with Gasteiger partial charge in [0.05, 0.1) is 29.6 Å². The van der Waals surface area contributed by atoms with Crippen molar-refractivity contribution in [1.82, 2.24) is 4.90 Å². The predicted octanol–water partition coefficient (Wildman–Crippen LogP) is 5.47. The van der Waals surface area contributed by atoms with Gasteiger partial charge in [-0.25, -0.2) is 4.79 Å². The number of rotatable bonds is 4. The molecule has 0 aromatic heterocycles. The minimum atomic E-state index is -0.476. The molecule has 0 radical (unpaired) electrons. The predicted molar refractivity (Wildman–Crippen MR) is 133 cm³/mol. The molecule has 0 atom stereocenters. The molecule has 34 heavy (non-hydrogen) atoms. The number of esters is 1. The lowest BCUT2D eigenvalue weighted by Gasteiger charge is -2.35. The lowest BCUT2D eigenvalue weighted by atomic mass is 10.0. The second kappa shape index (κ2) is 8.87. The van der Waals surface area contributed by atoms with Gasteiger partial charge < -0.3 is 19.7 Å². The summed E-state index contributed by atoms with van der Waals surface area (Å²) in [5.74, 6) is 0.0918. The van der Waals surface area contributed by atoms with Crippen LogP contribution in [-0.2, 0) is 14.3 Å². The van der Waals surface area contributed by atoms with Gasteiger partial charge in [0.15, 0.2) is 0 Å². The molecule has 2 aromatic carbocycles. The van der Waals surface area contributed by atoms with Crippen LogP contribution in [-0.4, -0.2) is 42.6 Å². The van der Waals surface area contributed by atoms with Crippen LogP contribution in [0.25, 0.3) is 5.57 Å². The number of amides is 1. The van der Waals surface area contributed by atoms with Gasteiger partial charge in [0.25, 0.3) is 5.91 Å². The van der Waals surface area contributed by atoms with Gasteiger partial charge in [0.2, 0.25) is 0 Å². The number of ether oxygens (including phenoxy) is 2. The highest BCUT2D eigenvalue weighted by Crippen LogP contribution is 2.44. The third kappa shape index (κ3) is 4.09. The highest BCUT2D eigenvalue weighted by molar-refractivity contribution is 7.99. The van der Waals surface area contributed by atoms with Crippen molar-refractivity contribution >= 4 is 34.9 Å². The normalized spacial score (nSPS) is 21.0. The number of allylic oxidation sites excluding steroid dienone is 1. The lowest BCUT2D eigenvalue weighted by Crippen LogP contribution is -2.37. The Morgan fingerprint density at radius 1 is 1.12 bits per heavy atom. The molecule has 0 saturated carbocycles. The fourth-order valence-corrected chi connectivity index (χ4v) is 5.78. The first-order valence-corrected chi connectivity index (χ1v) is 12.4. The first kappa shape index (κ1) is 22.6. The fraction of sp³-hybridized carbons (Fsp3) is 0.333. The molecule has 2 aromatic rings. The quantitative estimate of drug-likeness (QED) is 0.466. The SMILES string of the molecule is COC(=O)c1ccccc1Sc1ccc2c(c1)NC(=O)/C2=C1\C=C(N2CCCCC2)C(C)(C)O1. The summed E-state index contributed by atoms with van der Waals surface area (Å²) in [6.45, 7) is 6.18. The van der Waals surface area contributed by atoms with E-state index in [4.69, 9.17) is 9.47 Å². The van der Waals surface area contributed by atoms with Crippen LogP contribution in [0.2, 0.25) is 0 Å². The maximum absolute atomic E-state index is 13.0. The van der Waals surface area contributed by atoms with Crippen LogP contribution in [0.4, 0.5) is 5.69 Å². The zero-order valence-electron chi connectivity index (χ0n) is 19.6. The molecule has 3 aliphatic heterocycles. The van der Waals surface area contributed by atoms with Crippen LogP contribution in [0, 0.1) is 0 Å². The Labute approximate surface area is 204 Å². The van der Waals surface area contributed by atoms with Gasteiger partial charge in [0, 0.05) is 34.5 Å². The molecule has 5 rings (SSSR count). The summed E-state index contributed by atoms with van der Waals surface area (Å²) in [7, 11) is 1.38. The molecule has 3 aliphatic rings. The minimum Gasteiger partial charge on any atom is -0.481 e. The van der Waals surface area contributed by atoms with Crippen LogP contribution in [0.5, 0.6) is 0 Å². The maximum Gasteiger partial charge on any atom is 0.339 e. The summed E-state index contributed by atoms with van der Waals surface area (Å²) >= 11 is 1.46. The first-order valence-electron chi connectivity index (χ1n) is 11.6. The van der Waals surface area contributed by atoms with Crippen molar-refractivity contribution in [2.24, 2.45) is 0 Å². The number of hydrogen-bond acceptors (Lipinski definition) is 6. The molecule has 1 saturated heterocycles. The van der Waals surface area contributed by atoms with Crippen LogP contribution >= 0.6 is 11.8 Å². The van der Waals surface area contributed by atoms with Crippen LogP contribution in [0.3, 0.4) is 0 Å². The van der Waals surface area contributed by atoms with E-state index in [1.54, 1.807) is 6.07 Å². The fourth-order valence-electron chi connectivity index (χ4n) is 4.81. The number of piperidine rings is 1. The summed E-state index contributed by atoms with van der Waals surface area (Å²) < 4.78 is 11.2. The van der Waals surface area contributed by atoms with Crippen molar-refractivity contribution in [2.75, 3.05) is 25.5 Å². The van der Waals surface area contributed by atoms with E-state index in [2.05, 4.69) is 24.1 Å². The zero-order valence-corrected chi connectivity index (χ0v) is 20.5. The Balaban J connectivity index is 1.47. The van der Waals surface area contributed by atoms with Crippen molar-refractivity contribution in [3.05, 3.63) is 71.1 Å². The van der Waals surface area contributed by atoms with E-state index in [0.717, 1.165) is 39.8 Å². The van der Waals surface area contributed by atoms with E-state index in [-0.39, 0.29) is 11.9 Å². The molecule has 0 aliphatic carbocycles. The smallest absolute Gasteiger partial charge is 0.339 e. The van der Waals surface area contributed by atoms with Crippen molar-refractivity contribution in [2.45, 2.75) is 48.5 Å². The second-order valence-electron chi connectivity index (χ2n) is 9.18. The number of methoxy groups -OCH3 is 1. The molecule has 1 amide bonds. The van der Waals surface area contributed by atoms with Crippen LogP contribution in [0.1, 0.15) is 49.0 Å². The second-order valence-corrected chi connectivity index (χ2v) is 10.3. The van der Waals surface area contributed by atoms with Crippen molar-refractivity contribution in [3.63, 3.8) is 0 Å². The van der Waals surface area contributed by atoms with Crippen LogP contribution < -0.4 is 5.32 Å². The first-order chi connectivity index (χ1) is 16.4. The number of hydrogen-bond donors (Lipinski definition) is 1. The summed E-state index contributed by atoms with van der Waals surface area (Å²) in [6, 6.07) is 13.2. The van der Waals surface area contributed by atoms with Crippen molar-refractivity contribution in [1.29, 1.82) is 0 Å². The molecule has 1 N–H and O–H groups in total. The van der Waals surface area contributed by atoms with E-state index in [0.29, 0.717) is 16.9 Å². The average molecular weight is 477 g/mol. The topological polar surface area (TPSA) is 67.9 Å². The number of nitrogens with zero attached hydrogens (tertiary/aromatic N) is 1. The molecule has 0 bridgehead atoms. The van der Waals surface area contributed by atoms with E-state index in [1.807, 2.05) is 42.5 Å². The van der Waals surface area contributed by atoms with Gasteiger partial charge in [-0.1, -0.05) is 30.0 Å².